The molecule has 2 nitrogen and oxygen atoms in total. The molecule has 7 rings (SSSR count). The van der Waals surface area contributed by atoms with Crippen molar-refractivity contribution in [2.24, 2.45) is 7.05 Å². The van der Waals surface area contributed by atoms with Crippen LogP contribution in [-0.4, -0.2) is 4.40 Å². The molecule has 1 fully saturated rings. The Morgan fingerprint density at radius 3 is 2.59 bits per heavy atom. The van der Waals surface area contributed by atoms with Gasteiger partial charge in [-0.3, -0.25) is 0 Å². The van der Waals surface area contributed by atoms with Gasteiger partial charge in [-0.25, -0.2) is 8.96 Å². The summed E-state index contributed by atoms with van der Waals surface area (Å²) in [5.74, 6) is 0.478. The molecule has 3 aromatic carbocycles. The molecule has 1 aliphatic carbocycles. The minimum atomic E-state index is -0.143. The van der Waals surface area contributed by atoms with Gasteiger partial charge in [0.2, 0.25) is 5.52 Å². The average Bonchev–Trinajstić information content (AvgIpc) is 3.16. The van der Waals surface area contributed by atoms with Crippen LogP contribution in [0.25, 0.3) is 49.0 Å². The fraction of sp³-hybridized carbons (Fsp3) is 0.276. The minimum Gasteiger partial charge on any atom is -0.307 e. The van der Waals surface area contributed by atoms with E-state index in [4.69, 9.17) is 0 Å². The van der Waals surface area contributed by atoms with Gasteiger partial charge >= 0.3 is 0 Å². The molecular formula is C29H26FN2+. The Morgan fingerprint density at radius 2 is 1.75 bits per heavy atom. The van der Waals surface area contributed by atoms with Gasteiger partial charge < -0.3 is 4.40 Å². The largest absolute Gasteiger partial charge is 0.307 e. The lowest BCUT2D eigenvalue weighted by Gasteiger charge is -2.23. The number of hydrogen-bond donors (Lipinski definition) is 0. The van der Waals surface area contributed by atoms with Crippen molar-refractivity contribution in [3.05, 3.63) is 71.7 Å². The molecule has 32 heavy (non-hydrogen) atoms. The summed E-state index contributed by atoms with van der Waals surface area (Å²) >= 11 is 0. The summed E-state index contributed by atoms with van der Waals surface area (Å²) in [6.07, 6.45) is 8.71. The molecule has 1 saturated carbocycles. The van der Waals surface area contributed by atoms with Crippen LogP contribution in [0.5, 0.6) is 0 Å². The first-order valence-electron chi connectivity index (χ1n) is 11.8. The van der Waals surface area contributed by atoms with Crippen LogP contribution in [0, 0.1) is 12.7 Å². The normalized spacial score (nSPS) is 15.8. The molecule has 1 aliphatic rings. The number of benzene rings is 3. The summed E-state index contributed by atoms with van der Waals surface area (Å²) in [7, 11) is 2.13. The van der Waals surface area contributed by atoms with E-state index in [2.05, 4.69) is 65.5 Å². The molecule has 158 valence electrons. The topological polar surface area (TPSA) is 8.29 Å². The molecule has 3 heterocycles. The summed E-state index contributed by atoms with van der Waals surface area (Å²) in [6.45, 7) is 2.17. The molecule has 0 amide bonds. The number of fused-ring (bicyclic) bond motifs is 5. The van der Waals surface area contributed by atoms with Crippen LogP contribution in [0.1, 0.15) is 49.1 Å². The first-order valence-corrected chi connectivity index (χ1v) is 11.8. The molecule has 6 aromatic rings. The van der Waals surface area contributed by atoms with Gasteiger partial charge in [-0.15, -0.1) is 0 Å². The lowest BCUT2D eigenvalue weighted by atomic mass is 9.83. The molecule has 0 radical (unpaired) electrons. The zero-order valence-corrected chi connectivity index (χ0v) is 18.6. The summed E-state index contributed by atoms with van der Waals surface area (Å²) in [6, 6.07) is 16.8. The number of aryl methyl sites for hydroxylation is 2. The Hall–Kier alpha value is -3.20. The van der Waals surface area contributed by atoms with Crippen molar-refractivity contribution >= 4 is 49.0 Å². The minimum absolute atomic E-state index is 0.143. The number of halogens is 1. The Balaban J connectivity index is 1.79. The number of rotatable bonds is 1. The first-order chi connectivity index (χ1) is 15.6. The third-order valence-electron chi connectivity index (χ3n) is 7.90. The fourth-order valence-corrected chi connectivity index (χ4v) is 6.41. The second-order valence-corrected chi connectivity index (χ2v) is 9.74. The maximum absolute atomic E-state index is 15.2. The Bertz CT molecular complexity index is 1690. The van der Waals surface area contributed by atoms with Gasteiger partial charge in [0, 0.05) is 16.8 Å². The van der Waals surface area contributed by atoms with Crippen molar-refractivity contribution < 1.29 is 8.96 Å². The van der Waals surface area contributed by atoms with E-state index in [9.17, 15) is 0 Å². The highest BCUT2D eigenvalue weighted by molar-refractivity contribution is 6.25. The maximum Gasteiger partial charge on any atom is 0.224 e. The molecule has 0 bridgehead atoms. The van der Waals surface area contributed by atoms with Gasteiger partial charge in [0.05, 0.1) is 27.3 Å². The van der Waals surface area contributed by atoms with Crippen molar-refractivity contribution in [1.82, 2.24) is 4.40 Å². The molecule has 3 aromatic heterocycles. The summed E-state index contributed by atoms with van der Waals surface area (Å²) in [5, 5.41) is 5.53. The molecule has 0 atom stereocenters. The third-order valence-corrected chi connectivity index (χ3v) is 7.90. The summed E-state index contributed by atoms with van der Waals surface area (Å²) < 4.78 is 19.8. The van der Waals surface area contributed by atoms with Crippen molar-refractivity contribution in [3.63, 3.8) is 0 Å². The standard InChI is InChI=1S/C29H26FN2/c1-17-11-12-21-27-22(30)9-6-10-23(27)32-24-16-20(18-7-4-3-5-8-18)15-19-13-14-31(2)29(26(19)24)25(17)28(21)32/h6,9-16,18H,3-5,7-8H2,1-2H3/q+1. The van der Waals surface area contributed by atoms with Crippen LogP contribution < -0.4 is 4.57 Å². The quantitative estimate of drug-likeness (QED) is 0.149. The van der Waals surface area contributed by atoms with E-state index in [1.165, 1.54) is 70.4 Å². The Labute approximate surface area is 186 Å². The molecule has 3 heteroatoms. The first kappa shape index (κ1) is 18.4. The van der Waals surface area contributed by atoms with E-state index in [-0.39, 0.29) is 5.82 Å². The van der Waals surface area contributed by atoms with Crippen LogP contribution in [0.4, 0.5) is 4.39 Å². The molecule has 0 spiro atoms. The van der Waals surface area contributed by atoms with Gasteiger partial charge in [0.25, 0.3) is 0 Å². The molecule has 0 saturated heterocycles. The van der Waals surface area contributed by atoms with E-state index >= 15 is 4.39 Å². The van der Waals surface area contributed by atoms with Gasteiger partial charge in [0.1, 0.15) is 12.9 Å². The fourth-order valence-electron chi connectivity index (χ4n) is 6.41. The Morgan fingerprint density at radius 1 is 0.906 bits per heavy atom. The highest BCUT2D eigenvalue weighted by Gasteiger charge is 2.26. The summed E-state index contributed by atoms with van der Waals surface area (Å²) in [4.78, 5) is 0. The molecule has 0 N–H and O–H groups in total. The smallest absolute Gasteiger partial charge is 0.224 e. The van der Waals surface area contributed by atoms with E-state index in [1.807, 2.05) is 6.07 Å². The van der Waals surface area contributed by atoms with E-state index in [0.29, 0.717) is 5.92 Å². The van der Waals surface area contributed by atoms with Crippen LogP contribution in [0.2, 0.25) is 0 Å². The van der Waals surface area contributed by atoms with Gasteiger partial charge in [-0.05, 0) is 60.4 Å². The maximum atomic E-state index is 15.2. The summed E-state index contributed by atoms with van der Waals surface area (Å²) in [5.41, 5.74) is 7.22. The SMILES string of the molecule is Cc1ccc2c3c(F)cccc3n3c4cc(C5CCCCC5)cc5cc[n+](C)c(c1c23)c54. The molecule has 0 unspecified atom stereocenters. The van der Waals surface area contributed by atoms with Crippen LogP contribution >= 0.6 is 0 Å². The van der Waals surface area contributed by atoms with Crippen LogP contribution in [0.3, 0.4) is 0 Å². The molecular weight excluding hydrogens is 395 g/mol. The van der Waals surface area contributed by atoms with E-state index in [1.54, 1.807) is 6.07 Å². The van der Waals surface area contributed by atoms with E-state index in [0.717, 1.165) is 21.8 Å². The Kier molecular flexibility index (Phi) is 3.68. The van der Waals surface area contributed by atoms with E-state index < -0.39 is 0 Å². The highest BCUT2D eigenvalue weighted by atomic mass is 19.1. The van der Waals surface area contributed by atoms with Crippen molar-refractivity contribution in [1.29, 1.82) is 0 Å². The number of hydrogen-bond acceptors (Lipinski definition) is 0. The second-order valence-electron chi connectivity index (χ2n) is 9.74. The van der Waals surface area contributed by atoms with Crippen LogP contribution in [0.15, 0.2) is 54.7 Å². The van der Waals surface area contributed by atoms with Crippen molar-refractivity contribution in [3.8, 4) is 0 Å². The lowest BCUT2D eigenvalue weighted by molar-refractivity contribution is -0.643. The monoisotopic (exact) mass is 421 g/mol. The average molecular weight is 422 g/mol. The highest BCUT2D eigenvalue weighted by Crippen LogP contribution is 2.43. The van der Waals surface area contributed by atoms with Gasteiger partial charge in [-0.2, -0.15) is 0 Å². The lowest BCUT2D eigenvalue weighted by Crippen LogP contribution is -2.29. The zero-order chi connectivity index (χ0) is 21.6. The zero-order valence-electron chi connectivity index (χ0n) is 18.6. The molecule has 0 aliphatic heterocycles. The number of aromatic nitrogens is 2. The van der Waals surface area contributed by atoms with Gasteiger partial charge in [0.15, 0.2) is 6.20 Å². The second kappa shape index (κ2) is 6.41. The number of nitrogens with zero attached hydrogens (tertiary/aromatic N) is 2. The number of pyridine rings is 2. The van der Waals surface area contributed by atoms with Crippen LogP contribution in [-0.2, 0) is 7.05 Å². The van der Waals surface area contributed by atoms with Gasteiger partial charge in [-0.1, -0.05) is 43.5 Å². The predicted molar refractivity (Wildman–Crippen MR) is 130 cm³/mol. The van der Waals surface area contributed by atoms with Crippen molar-refractivity contribution in [2.75, 3.05) is 0 Å². The third kappa shape index (κ3) is 2.26. The van der Waals surface area contributed by atoms with Crippen molar-refractivity contribution in [2.45, 2.75) is 44.9 Å². The predicted octanol–water partition coefficient (Wildman–Crippen LogP) is 7.31.